The van der Waals surface area contributed by atoms with Gasteiger partial charge in [0, 0.05) is 17.8 Å². The van der Waals surface area contributed by atoms with Crippen LogP contribution >= 0.6 is 0 Å². The Morgan fingerprint density at radius 3 is 2.53 bits per heavy atom. The van der Waals surface area contributed by atoms with Crippen LogP contribution in [0, 0.1) is 6.92 Å². The first-order valence-corrected chi connectivity index (χ1v) is 5.68. The molecule has 0 aliphatic carbocycles. The maximum absolute atomic E-state index is 12.5. The number of hydrogen-bond acceptors (Lipinski definition) is 3. The third-order valence-electron chi connectivity index (χ3n) is 2.63. The minimum absolute atomic E-state index is 0.161. The fourth-order valence-corrected chi connectivity index (χ4v) is 1.77. The molecule has 4 nitrogen and oxygen atoms in total. The summed E-state index contributed by atoms with van der Waals surface area (Å²) in [7, 11) is 0. The van der Waals surface area contributed by atoms with Crippen LogP contribution in [0.15, 0.2) is 23.4 Å². The SMILES string of the molecule is CCN(CC(F)(F)F)c1ccc(C)cc1/C(N)=N/O. The van der Waals surface area contributed by atoms with Crippen molar-refractivity contribution in [2.24, 2.45) is 10.9 Å². The standard InChI is InChI=1S/C12H16F3N3O/c1-3-18(7-12(13,14)15)10-5-4-8(2)6-9(10)11(16)17-19/h4-6,19H,3,7H2,1-2H3,(H2,16,17). The van der Waals surface area contributed by atoms with E-state index in [4.69, 9.17) is 10.9 Å². The molecule has 0 aromatic heterocycles. The Labute approximate surface area is 109 Å². The van der Waals surface area contributed by atoms with Gasteiger partial charge in [-0.3, -0.25) is 0 Å². The van der Waals surface area contributed by atoms with E-state index in [1.165, 1.54) is 6.07 Å². The lowest BCUT2D eigenvalue weighted by Gasteiger charge is -2.26. The van der Waals surface area contributed by atoms with Gasteiger partial charge in [-0.2, -0.15) is 13.2 Å². The smallest absolute Gasteiger partial charge is 0.405 e. The van der Waals surface area contributed by atoms with Crippen LogP contribution in [0.3, 0.4) is 0 Å². The highest BCUT2D eigenvalue weighted by molar-refractivity contribution is 6.02. The van der Waals surface area contributed by atoms with E-state index in [2.05, 4.69) is 5.16 Å². The van der Waals surface area contributed by atoms with E-state index in [9.17, 15) is 13.2 Å². The third kappa shape index (κ3) is 4.04. The largest absolute Gasteiger partial charge is 0.409 e. The summed E-state index contributed by atoms with van der Waals surface area (Å²) in [5.41, 5.74) is 6.90. The molecule has 3 N–H and O–H groups in total. The van der Waals surface area contributed by atoms with Crippen LogP contribution in [0.5, 0.6) is 0 Å². The van der Waals surface area contributed by atoms with Crippen LogP contribution < -0.4 is 10.6 Å². The number of alkyl halides is 3. The normalized spacial score (nSPS) is 12.6. The van der Waals surface area contributed by atoms with Gasteiger partial charge < -0.3 is 15.8 Å². The predicted octanol–water partition coefficient (Wildman–Crippen LogP) is 2.48. The van der Waals surface area contributed by atoms with E-state index in [0.29, 0.717) is 5.69 Å². The Balaban J connectivity index is 3.24. The first-order valence-electron chi connectivity index (χ1n) is 5.68. The van der Waals surface area contributed by atoms with Gasteiger partial charge >= 0.3 is 6.18 Å². The van der Waals surface area contributed by atoms with Crippen LogP contribution in [0.2, 0.25) is 0 Å². The van der Waals surface area contributed by atoms with Crippen molar-refractivity contribution in [3.05, 3.63) is 29.3 Å². The number of anilines is 1. The quantitative estimate of drug-likeness (QED) is 0.384. The number of nitrogens with two attached hydrogens (primary N) is 1. The van der Waals surface area contributed by atoms with E-state index in [0.717, 1.165) is 10.5 Å². The van der Waals surface area contributed by atoms with Gasteiger partial charge in [-0.25, -0.2) is 0 Å². The van der Waals surface area contributed by atoms with Gasteiger partial charge in [-0.15, -0.1) is 0 Å². The lowest BCUT2D eigenvalue weighted by atomic mass is 10.1. The minimum atomic E-state index is -4.32. The first-order chi connectivity index (χ1) is 8.78. The predicted molar refractivity (Wildman–Crippen MR) is 67.6 cm³/mol. The maximum atomic E-state index is 12.5. The Kier molecular flexibility index (Phi) is 4.63. The highest BCUT2D eigenvalue weighted by Crippen LogP contribution is 2.26. The Hall–Kier alpha value is -1.92. The van der Waals surface area contributed by atoms with Crippen LogP contribution in [-0.2, 0) is 0 Å². The monoisotopic (exact) mass is 275 g/mol. The second-order valence-electron chi connectivity index (χ2n) is 4.14. The molecule has 0 amide bonds. The van der Waals surface area contributed by atoms with Gasteiger partial charge in [0.05, 0.1) is 0 Å². The maximum Gasteiger partial charge on any atom is 0.405 e. The number of rotatable bonds is 4. The first kappa shape index (κ1) is 15.1. The van der Waals surface area contributed by atoms with Gasteiger partial charge in [0.1, 0.15) is 6.54 Å². The summed E-state index contributed by atoms with van der Waals surface area (Å²) in [4.78, 5) is 1.13. The van der Waals surface area contributed by atoms with Crippen LogP contribution in [0.1, 0.15) is 18.1 Å². The number of aryl methyl sites for hydroxylation is 1. The summed E-state index contributed by atoms with van der Waals surface area (Å²) in [6, 6.07) is 4.81. The summed E-state index contributed by atoms with van der Waals surface area (Å²) >= 11 is 0. The number of benzene rings is 1. The highest BCUT2D eigenvalue weighted by atomic mass is 19.4. The molecule has 0 fully saturated rings. The van der Waals surface area contributed by atoms with Crippen molar-refractivity contribution >= 4 is 11.5 Å². The van der Waals surface area contributed by atoms with E-state index >= 15 is 0 Å². The van der Waals surface area contributed by atoms with E-state index in [-0.39, 0.29) is 17.9 Å². The molecule has 0 spiro atoms. The molecular weight excluding hydrogens is 259 g/mol. The lowest BCUT2D eigenvalue weighted by molar-refractivity contribution is -0.119. The van der Waals surface area contributed by atoms with E-state index < -0.39 is 12.7 Å². The van der Waals surface area contributed by atoms with Crippen molar-refractivity contribution in [1.82, 2.24) is 0 Å². The van der Waals surface area contributed by atoms with Gasteiger partial charge in [0.25, 0.3) is 0 Å². The van der Waals surface area contributed by atoms with Crippen LogP contribution in [0.4, 0.5) is 18.9 Å². The second-order valence-corrected chi connectivity index (χ2v) is 4.14. The highest BCUT2D eigenvalue weighted by Gasteiger charge is 2.31. The molecule has 0 radical (unpaired) electrons. The van der Waals surface area contributed by atoms with E-state index in [1.54, 1.807) is 26.0 Å². The zero-order chi connectivity index (χ0) is 14.6. The number of nitrogens with zero attached hydrogens (tertiary/aromatic N) is 2. The molecule has 0 heterocycles. The van der Waals surface area contributed by atoms with Crippen molar-refractivity contribution in [3.63, 3.8) is 0 Å². The molecule has 0 saturated heterocycles. The van der Waals surface area contributed by atoms with Gasteiger partial charge in [-0.1, -0.05) is 16.8 Å². The van der Waals surface area contributed by atoms with Crippen LogP contribution in [-0.4, -0.2) is 30.3 Å². The minimum Gasteiger partial charge on any atom is -0.409 e. The third-order valence-corrected chi connectivity index (χ3v) is 2.63. The van der Waals surface area contributed by atoms with Gasteiger partial charge in [-0.05, 0) is 26.0 Å². The summed E-state index contributed by atoms with van der Waals surface area (Å²) in [5, 5.41) is 11.6. The summed E-state index contributed by atoms with van der Waals surface area (Å²) in [5.74, 6) is -0.209. The van der Waals surface area contributed by atoms with Crippen LogP contribution in [0.25, 0.3) is 0 Å². The molecule has 19 heavy (non-hydrogen) atoms. The number of amidine groups is 1. The van der Waals surface area contributed by atoms with Crippen molar-refractivity contribution in [3.8, 4) is 0 Å². The molecule has 106 valence electrons. The second kappa shape index (κ2) is 5.81. The molecule has 0 saturated carbocycles. The van der Waals surface area contributed by atoms with Crippen molar-refractivity contribution < 1.29 is 18.4 Å². The number of halogens is 3. The molecule has 1 aromatic rings. The van der Waals surface area contributed by atoms with Crippen molar-refractivity contribution in [2.75, 3.05) is 18.0 Å². The molecule has 0 aliphatic heterocycles. The van der Waals surface area contributed by atoms with Gasteiger partial charge in [0.2, 0.25) is 0 Å². The number of oxime groups is 1. The molecule has 7 heteroatoms. The zero-order valence-corrected chi connectivity index (χ0v) is 10.7. The lowest BCUT2D eigenvalue weighted by Crippen LogP contribution is -2.35. The Morgan fingerprint density at radius 1 is 1.42 bits per heavy atom. The Bertz CT molecular complexity index is 472. The average molecular weight is 275 g/mol. The van der Waals surface area contributed by atoms with E-state index in [1.807, 2.05) is 0 Å². The molecule has 1 rings (SSSR count). The average Bonchev–Trinajstić information content (AvgIpc) is 2.34. The topological polar surface area (TPSA) is 61.8 Å². The molecule has 1 aromatic carbocycles. The fraction of sp³-hybridized carbons (Fsp3) is 0.417. The van der Waals surface area contributed by atoms with Gasteiger partial charge in [0.15, 0.2) is 5.84 Å². The summed E-state index contributed by atoms with van der Waals surface area (Å²) in [6.45, 7) is 2.46. The molecule has 0 atom stereocenters. The zero-order valence-electron chi connectivity index (χ0n) is 10.7. The summed E-state index contributed by atoms with van der Waals surface area (Å²) < 4.78 is 37.6. The fourth-order valence-electron chi connectivity index (χ4n) is 1.77. The Morgan fingerprint density at radius 2 is 2.05 bits per heavy atom. The van der Waals surface area contributed by atoms with Crippen molar-refractivity contribution in [1.29, 1.82) is 0 Å². The molecular formula is C12H16F3N3O. The number of hydrogen-bond donors (Lipinski definition) is 2. The summed E-state index contributed by atoms with van der Waals surface area (Å²) in [6.07, 6.45) is -4.32. The van der Waals surface area contributed by atoms with Crippen molar-refractivity contribution in [2.45, 2.75) is 20.0 Å². The molecule has 0 bridgehead atoms. The molecule has 0 aliphatic rings. The molecule has 0 unspecified atom stereocenters.